The molecule has 1 aliphatic rings. The highest BCUT2D eigenvalue weighted by atomic mass is 16.6. The monoisotopic (exact) mass is 670 g/mol. The number of esters is 1. The van der Waals surface area contributed by atoms with Crippen molar-refractivity contribution >= 4 is 5.97 Å². The fraction of sp³-hybridized carbons (Fsp3) is 0.686. The van der Waals surface area contributed by atoms with Gasteiger partial charge in [-0.25, -0.2) is 0 Å². The van der Waals surface area contributed by atoms with Crippen molar-refractivity contribution in [2.24, 2.45) is 5.92 Å². The lowest BCUT2D eigenvalue weighted by molar-refractivity contribution is -0.168. The average Bonchev–Trinajstić information content (AvgIpc) is 2.98. The van der Waals surface area contributed by atoms with Gasteiger partial charge in [0.25, 0.3) is 0 Å². The van der Waals surface area contributed by atoms with Crippen LogP contribution >= 0.6 is 0 Å². The Morgan fingerprint density at radius 1 is 0.723 bits per heavy atom. The van der Waals surface area contributed by atoms with Gasteiger partial charge in [0.05, 0.1) is 42.7 Å². The SMILES string of the molecule is CCCCC[C@@H](O)C1C(=O)O[C@H](C)[C@@H](O)/C=C/C=C/C=C/C=C/C=C(C)[C@@H](O)[C@H](O)[C@H](O)CC(O)C[C@H](O)CC(O)CC(O)C[C@@H]1O. The first kappa shape index (κ1) is 42.8. The minimum atomic E-state index is -1.61. The van der Waals surface area contributed by atoms with Crippen LogP contribution in [0.15, 0.2) is 60.3 Å². The Labute approximate surface area is 278 Å². The smallest absolute Gasteiger partial charge is 0.314 e. The summed E-state index contributed by atoms with van der Waals surface area (Å²) in [5.41, 5.74) is 0.357. The van der Waals surface area contributed by atoms with Gasteiger partial charge in [-0.05, 0) is 45.1 Å². The van der Waals surface area contributed by atoms with Crippen LogP contribution in [0, 0.1) is 5.92 Å². The summed E-state index contributed by atoms with van der Waals surface area (Å²) in [5, 5.41) is 105. The predicted octanol–water partition coefficient (Wildman–Crippen LogP) is 0.859. The molecular formula is C35H58O12. The minimum absolute atomic E-state index is 0.197. The summed E-state index contributed by atoms with van der Waals surface area (Å²) < 4.78 is 5.41. The lowest BCUT2D eigenvalue weighted by Crippen LogP contribution is -2.43. The number of allylic oxidation sites excluding steroid dienone is 8. The first-order valence-electron chi connectivity index (χ1n) is 16.5. The van der Waals surface area contributed by atoms with Gasteiger partial charge in [-0.3, -0.25) is 4.79 Å². The van der Waals surface area contributed by atoms with Crippen molar-refractivity contribution in [1.29, 1.82) is 0 Å². The molecule has 0 fully saturated rings. The first-order chi connectivity index (χ1) is 22.2. The van der Waals surface area contributed by atoms with E-state index in [0.29, 0.717) is 12.0 Å². The summed E-state index contributed by atoms with van der Waals surface area (Å²) in [6.45, 7) is 5.00. The summed E-state index contributed by atoms with van der Waals surface area (Å²) >= 11 is 0. The first-order valence-corrected chi connectivity index (χ1v) is 16.5. The third-order valence-electron chi connectivity index (χ3n) is 8.17. The van der Waals surface area contributed by atoms with Crippen LogP contribution in [0.1, 0.15) is 78.6 Å². The fourth-order valence-corrected chi connectivity index (χ4v) is 5.30. The summed E-state index contributed by atoms with van der Waals surface area (Å²) in [7, 11) is 0. The van der Waals surface area contributed by atoms with Gasteiger partial charge in [0, 0.05) is 12.8 Å². The molecule has 0 amide bonds. The fourth-order valence-electron chi connectivity index (χ4n) is 5.30. The normalized spacial score (nSPS) is 38.5. The number of carbonyl (C=O) groups excluding carboxylic acids is 1. The second-order valence-corrected chi connectivity index (χ2v) is 12.5. The largest absolute Gasteiger partial charge is 0.459 e. The van der Waals surface area contributed by atoms with Gasteiger partial charge in [-0.2, -0.15) is 0 Å². The number of rotatable bonds is 5. The third kappa shape index (κ3) is 17.1. The van der Waals surface area contributed by atoms with E-state index < -0.39 is 85.5 Å². The Balaban J connectivity index is 3.19. The number of aliphatic hydroxyl groups excluding tert-OH is 10. The maximum absolute atomic E-state index is 13.1. The highest BCUT2D eigenvalue weighted by molar-refractivity contribution is 5.74. The van der Waals surface area contributed by atoms with Crippen molar-refractivity contribution < 1.29 is 60.6 Å². The van der Waals surface area contributed by atoms with Crippen molar-refractivity contribution in [3.05, 3.63) is 60.3 Å². The van der Waals surface area contributed by atoms with E-state index in [-0.39, 0.29) is 32.1 Å². The van der Waals surface area contributed by atoms with Crippen LogP contribution in [0.25, 0.3) is 0 Å². The Morgan fingerprint density at radius 2 is 1.21 bits per heavy atom. The highest BCUT2D eigenvalue weighted by Gasteiger charge is 2.37. The molecule has 0 aromatic rings. The lowest BCUT2D eigenvalue weighted by atomic mass is 9.87. The van der Waals surface area contributed by atoms with Crippen LogP contribution in [0.5, 0.6) is 0 Å². The number of carbonyl (C=O) groups is 1. The molecule has 0 bridgehead atoms. The number of cyclic esters (lactones) is 1. The van der Waals surface area contributed by atoms with Gasteiger partial charge in [-0.15, -0.1) is 0 Å². The zero-order valence-electron chi connectivity index (χ0n) is 27.8. The quantitative estimate of drug-likeness (QED) is 0.145. The topological polar surface area (TPSA) is 229 Å². The summed E-state index contributed by atoms with van der Waals surface area (Å²) in [6, 6.07) is 0. The number of ether oxygens (including phenoxy) is 1. The molecule has 4 unspecified atom stereocenters. The van der Waals surface area contributed by atoms with Crippen LogP contribution < -0.4 is 0 Å². The molecule has 12 nitrogen and oxygen atoms in total. The van der Waals surface area contributed by atoms with Gasteiger partial charge in [0.2, 0.25) is 0 Å². The molecule has 47 heavy (non-hydrogen) atoms. The van der Waals surface area contributed by atoms with Gasteiger partial charge < -0.3 is 55.8 Å². The molecule has 1 rings (SSSR count). The van der Waals surface area contributed by atoms with E-state index in [9.17, 15) is 55.9 Å². The molecule has 1 aliphatic heterocycles. The van der Waals surface area contributed by atoms with E-state index >= 15 is 0 Å². The van der Waals surface area contributed by atoms with Crippen molar-refractivity contribution in [1.82, 2.24) is 0 Å². The van der Waals surface area contributed by atoms with Crippen molar-refractivity contribution in [3.63, 3.8) is 0 Å². The third-order valence-corrected chi connectivity index (χ3v) is 8.17. The number of hydrogen-bond donors (Lipinski definition) is 10. The Morgan fingerprint density at radius 3 is 1.77 bits per heavy atom. The maximum Gasteiger partial charge on any atom is 0.314 e. The van der Waals surface area contributed by atoms with E-state index in [1.165, 1.54) is 13.0 Å². The number of aliphatic hydroxyl groups is 10. The van der Waals surface area contributed by atoms with Crippen molar-refractivity contribution in [3.8, 4) is 0 Å². The standard InChI is InChI=1S/C35H58O12/c1-4-5-11-16-29(41)32-30(42)20-26(38)18-24(36)17-25(37)19-27(39)21-31(43)34(45)33(44)22(2)14-12-9-7-6-8-10-13-15-28(40)23(3)47-35(32)46/h6-10,12-15,23-34,36-45H,4-5,11,16-21H2,1-3H3/b7-6+,10-8+,12-9+,15-13+,22-14?/t23-,24?,25-,26?,27?,28+,29-,30+,31-,32?,33-,34-/m1/s1. The van der Waals surface area contributed by atoms with Crippen LogP contribution in [-0.4, -0.2) is 124 Å². The van der Waals surface area contributed by atoms with Crippen LogP contribution in [0.2, 0.25) is 0 Å². The molecule has 1 heterocycles. The molecule has 0 aliphatic carbocycles. The van der Waals surface area contributed by atoms with E-state index in [2.05, 4.69) is 0 Å². The molecule has 0 saturated heterocycles. The average molecular weight is 671 g/mol. The molecule has 0 radical (unpaired) electrons. The van der Waals surface area contributed by atoms with Gasteiger partial charge >= 0.3 is 5.97 Å². The van der Waals surface area contributed by atoms with Crippen molar-refractivity contribution in [2.45, 2.75) is 146 Å². The molecule has 0 saturated carbocycles. The zero-order valence-corrected chi connectivity index (χ0v) is 27.8. The molecule has 270 valence electrons. The second-order valence-electron chi connectivity index (χ2n) is 12.5. The summed E-state index contributed by atoms with van der Waals surface area (Å²) in [5.74, 6) is -2.37. The molecule has 10 N–H and O–H groups in total. The van der Waals surface area contributed by atoms with Gasteiger partial charge in [0.1, 0.15) is 30.3 Å². The van der Waals surface area contributed by atoms with E-state index in [0.717, 1.165) is 12.8 Å². The Bertz CT molecular complexity index is 1020. The van der Waals surface area contributed by atoms with E-state index in [1.54, 1.807) is 55.5 Å². The Hall–Kier alpha value is -2.23. The van der Waals surface area contributed by atoms with Gasteiger partial charge in [-0.1, -0.05) is 80.9 Å². The number of unbranched alkanes of at least 4 members (excludes halogenated alkanes) is 2. The van der Waals surface area contributed by atoms with Crippen molar-refractivity contribution in [2.75, 3.05) is 0 Å². The molecule has 0 spiro atoms. The Kier molecular flexibility index (Phi) is 21.1. The predicted molar refractivity (Wildman–Crippen MR) is 177 cm³/mol. The number of hydrogen-bond acceptors (Lipinski definition) is 12. The molecule has 0 aromatic heterocycles. The zero-order chi connectivity index (χ0) is 35.5. The maximum atomic E-state index is 13.1. The van der Waals surface area contributed by atoms with Crippen LogP contribution in [0.3, 0.4) is 0 Å². The lowest BCUT2D eigenvalue weighted by Gasteiger charge is -2.30. The molecule has 12 heteroatoms. The van der Waals surface area contributed by atoms with E-state index in [1.807, 2.05) is 6.92 Å². The minimum Gasteiger partial charge on any atom is -0.459 e. The molecular weight excluding hydrogens is 612 g/mol. The molecule has 12 atom stereocenters. The second kappa shape index (κ2) is 23.2. The summed E-state index contributed by atoms with van der Waals surface area (Å²) in [4.78, 5) is 13.1. The van der Waals surface area contributed by atoms with E-state index in [4.69, 9.17) is 4.74 Å². The molecule has 0 aromatic carbocycles. The summed E-state index contributed by atoms with van der Waals surface area (Å²) in [6.07, 6.45) is 0.559. The van der Waals surface area contributed by atoms with Crippen LogP contribution in [0.4, 0.5) is 0 Å². The van der Waals surface area contributed by atoms with Crippen LogP contribution in [-0.2, 0) is 9.53 Å². The van der Waals surface area contributed by atoms with Gasteiger partial charge in [0.15, 0.2) is 0 Å². The highest BCUT2D eigenvalue weighted by Crippen LogP contribution is 2.24.